The predicted octanol–water partition coefficient (Wildman–Crippen LogP) is 0.393. The van der Waals surface area contributed by atoms with Gasteiger partial charge in [0.25, 0.3) is 0 Å². The Bertz CT molecular complexity index is 329. The van der Waals surface area contributed by atoms with Gasteiger partial charge in [0.2, 0.25) is 11.8 Å². The number of rotatable bonds is 2. The molecule has 6 heteroatoms. The number of carbonyl (C=O) groups is 2. The molecule has 1 aromatic heterocycles. The molecule has 0 unspecified atom stereocenters. The van der Waals surface area contributed by atoms with Crippen LogP contribution < -0.4 is 10.6 Å². The molecule has 0 spiro atoms. The molecule has 0 saturated heterocycles. The molecule has 6 nitrogen and oxygen atoms in total. The minimum atomic E-state index is -0.254. The van der Waals surface area contributed by atoms with E-state index in [9.17, 15) is 9.59 Å². The summed E-state index contributed by atoms with van der Waals surface area (Å²) in [5.74, 6) is -0.204. The first-order valence-corrected chi connectivity index (χ1v) is 3.95. The van der Waals surface area contributed by atoms with E-state index in [2.05, 4.69) is 20.6 Å². The SMILES string of the molecule is CC(=O)Nc1cncnc1NC(C)=O. The Morgan fingerprint density at radius 1 is 1.21 bits per heavy atom. The highest BCUT2D eigenvalue weighted by atomic mass is 16.2. The Morgan fingerprint density at radius 2 is 1.86 bits per heavy atom. The number of hydrogen-bond acceptors (Lipinski definition) is 4. The highest BCUT2D eigenvalue weighted by molar-refractivity contribution is 5.96. The summed E-state index contributed by atoms with van der Waals surface area (Å²) in [6.07, 6.45) is 2.70. The molecule has 0 atom stereocenters. The van der Waals surface area contributed by atoms with Crippen molar-refractivity contribution in [3.05, 3.63) is 12.5 Å². The van der Waals surface area contributed by atoms with E-state index in [0.29, 0.717) is 11.5 Å². The molecular formula is C8H10N4O2. The maximum Gasteiger partial charge on any atom is 0.222 e. The van der Waals surface area contributed by atoms with Crippen molar-refractivity contribution in [1.29, 1.82) is 0 Å². The summed E-state index contributed by atoms with van der Waals surface area (Å²) in [4.78, 5) is 29.1. The highest BCUT2D eigenvalue weighted by Gasteiger charge is 2.05. The van der Waals surface area contributed by atoms with Crippen LogP contribution in [0.5, 0.6) is 0 Å². The Labute approximate surface area is 80.8 Å². The Hall–Kier alpha value is -1.98. The number of amides is 2. The zero-order chi connectivity index (χ0) is 10.6. The van der Waals surface area contributed by atoms with Crippen LogP contribution in [-0.2, 0) is 9.59 Å². The number of nitrogens with zero attached hydrogens (tertiary/aromatic N) is 2. The zero-order valence-electron chi connectivity index (χ0n) is 7.87. The van der Waals surface area contributed by atoms with E-state index in [1.165, 1.54) is 26.4 Å². The fraction of sp³-hybridized carbons (Fsp3) is 0.250. The average molecular weight is 194 g/mol. The van der Waals surface area contributed by atoms with Crippen molar-refractivity contribution in [2.75, 3.05) is 10.6 Å². The molecule has 0 radical (unpaired) electrons. The standard InChI is InChI=1S/C8H10N4O2/c1-5(13)11-7-3-9-4-10-8(7)12-6(2)14/h3-4H,1-2H3,(H,11,13)(H,9,10,12,14). The van der Waals surface area contributed by atoms with E-state index in [-0.39, 0.29) is 11.8 Å². The molecule has 0 bridgehead atoms. The van der Waals surface area contributed by atoms with Gasteiger partial charge in [0, 0.05) is 13.8 Å². The molecule has 74 valence electrons. The molecule has 0 aliphatic heterocycles. The van der Waals surface area contributed by atoms with Gasteiger partial charge in [-0.25, -0.2) is 9.97 Å². The number of aromatic nitrogens is 2. The lowest BCUT2D eigenvalue weighted by Gasteiger charge is -2.07. The van der Waals surface area contributed by atoms with Crippen LogP contribution in [0.3, 0.4) is 0 Å². The van der Waals surface area contributed by atoms with Gasteiger partial charge in [-0.05, 0) is 0 Å². The summed E-state index contributed by atoms with van der Waals surface area (Å²) < 4.78 is 0. The summed E-state index contributed by atoms with van der Waals surface area (Å²) in [6.45, 7) is 2.73. The Balaban J connectivity index is 2.90. The fourth-order valence-electron chi connectivity index (χ4n) is 0.877. The molecule has 0 aliphatic carbocycles. The van der Waals surface area contributed by atoms with Gasteiger partial charge in [-0.1, -0.05) is 0 Å². The number of anilines is 2. The Kier molecular flexibility index (Phi) is 3.11. The van der Waals surface area contributed by atoms with Crippen molar-refractivity contribution in [3.63, 3.8) is 0 Å². The topological polar surface area (TPSA) is 84.0 Å². The molecule has 0 aliphatic rings. The second-order valence-corrected chi connectivity index (χ2v) is 2.65. The molecule has 2 amide bonds. The number of nitrogens with one attached hydrogen (secondary N) is 2. The third-order valence-electron chi connectivity index (χ3n) is 1.32. The number of hydrogen-bond donors (Lipinski definition) is 2. The van der Waals surface area contributed by atoms with Gasteiger partial charge in [0.05, 0.1) is 6.20 Å². The maximum absolute atomic E-state index is 10.8. The quantitative estimate of drug-likeness (QED) is 0.713. The summed E-state index contributed by atoms with van der Waals surface area (Å²) in [5.41, 5.74) is 0.384. The molecule has 0 saturated carbocycles. The van der Waals surface area contributed by atoms with Crippen LogP contribution in [0.1, 0.15) is 13.8 Å². The molecule has 0 fully saturated rings. The first-order chi connectivity index (χ1) is 6.59. The van der Waals surface area contributed by atoms with E-state index < -0.39 is 0 Å². The van der Waals surface area contributed by atoms with Crippen molar-refractivity contribution in [1.82, 2.24) is 9.97 Å². The van der Waals surface area contributed by atoms with E-state index in [0.717, 1.165) is 0 Å². The fourth-order valence-corrected chi connectivity index (χ4v) is 0.877. The third-order valence-corrected chi connectivity index (χ3v) is 1.32. The van der Waals surface area contributed by atoms with Crippen LogP contribution in [0.15, 0.2) is 12.5 Å². The van der Waals surface area contributed by atoms with Gasteiger partial charge in [-0.2, -0.15) is 0 Å². The van der Waals surface area contributed by atoms with Crippen molar-refractivity contribution < 1.29 is 9.59 Å². The van der Waals surface area contributed by atoms with Gasteiger partial charge < -0.3 is 10.6 Å². The molecule has 1 aromatic rings. The average Bonchev–Trinajstić information content (AvgIpc) is 2.06. The van der Waals surface area contributed by atoms with Crippen LogP contribution in [0.4, 0.5) is 11.5 Å². The summed E-state index contributed by atoms with van der Waals surface area (Å²) in [7, 11) is 0. The summed E-state index contributed by atoms with van der Waals surface area (Å²) in [6, 6.07) is 0. The first-order valence-electron chi connectivity index (χ1n) is 3.95. The second-order valence-electron chi connectivity index (χ2n) is 2.65. The van der Waals surface area contributed by atoms with Crippen molar-refractivity contribution in [3.8, 4) is 0 Å². The van der Waals surface area contributed by atoms with Gasteiger partial charge in [0.1, 0.15) is 12.0 Å². The smallest absolute Gasteiger partial charge is 0.222 e. The third kappa shape index (κ3) is 2.81. The molecule has 0 aromatic carbocycles. The highest BCUT2D eigenvalue weighted by Crippen LogP contribution is 2.15. The van der Waals surface area contributed by atoms with Crippen molar-refractivity contribution in [2.45, 2.75) is 13.8 Å². The lowest BCUT2D eigenvalue weighted by molar-refractivity contribution is -0.115. The van der Waals surface area contributed by atoms with Crippen LogP contribution in [0.25, 0.3) is 0 Å². The minimum Gasteiger partial charge on any atom is -0.322 e. The van der Waals surface area contributed by atoms with E-state index in [1.54, 1.807) is 0 Å². The minimum absolute atomic E-state index is 0.244. The van der Waals surface area contributed by atoms with Crippen LogP contribution >= 0.6 is 0 Å². The Morgan fingerprint density at radius 3 is 2.43 bits per heavy atom. The maximum atomic E-state index is 10.8. The van der Waals surface area contributed by atoms with E-state index in [1.807, 2.05) is 0 Å². The second kappa shape index (κ2) is 4.31. The molecule has 14 heavy (non-hydrogen) atoms. The largest absolute Gasteiger partial charge is 0.322 e. The normalized spacial score (nSPS) is 9.29. The summed E-state index contributed by atoms with van der Waals surface area (Å²) in [5, 5.41) is 4.97. The predicted molar refractivity (Wildman–Crippen MR) is 50.6 cm³/mol. The molecule has 1 heterocycles. The van der Waals surface area contributed by atoms with Crippen LogP contribution in [0.2, 0.25) is 0 Å². The van der Waals surface area contributed by atoms with Gasteiger partial charge in [-0.15, -0.1) is 0 Å². The lowest BCUT2D eigenvalue weighted by atomic mass is 10.4. The lowest BCUT2D eigenvalue weighted by Crippen LogP contribution is -2.13. The molecular weight excluding hydrogens is 184 g/mol. The van der Waals surface area contributed by atoms with E-state index in [4.69, 9.17) is 0 Å². The van der Waals surface area contributed by atoms with Crippen molar-refractivity contribution >= 4 is 23.3 Å². The van der Waals surface area contributed by atoms with Crippen LogP contribution in [-0.4, -0.2) is 21.8 Å². The first kappa shape index (κ1) is 10.1. The van der Waals surface area contributed by atoms with Gasteiger partial charge in [0.15, 0.2) is 5.82 Å². The van der Waals surface area contributed by atoms with Crippen molar-refractivity contribution in [2.24, 2.45) is 0 Å². The van der Waals surface area contributed by atoms with Gasteiger partial charge in [-0.3, -0.25) is 9.59 Å². The molecule has 1 rings (SSSR count). The molecule has 2 N–H and O–H groups in total. The van der Waals surface area contributed by atoms with Gasteiger partial charge >= 0.3 is 0 Å². The summed E-state index contributed by atoms with van der Waals surface area (Å²) >= 11 is 0. The zero-order valence-corrected chi connectivity index (χ0v) is 7.87. The number of carbonyl (C=O) groups excluding carboxylic acids is 2. The van der Waals surface area contributed by atoms with E-state index >= 15 is 0 Å². The van der Waals surface area contributed by atoms with Crippen LogP contribution in [0, 0.1) is 0 Å². The monoisotopic (exact) mass is 194 g/mol.